The normalized spacial score (nSPS) is 12.0. The fourth-order valence-corrected chi connectivity index (χ4v) is 2.49. The standard InChI is InChI=1S/C20H28N2O4/c1-13(2)11-22-14(3)8-16(15(22)4)9-17(10-21)19(24)25-12-18(23)26-20(5,6)7/h8-9,13H,11-12H2,1-7H3/b17-9+. The van der Waals surface area contributed by atoms with Crippen LogP contribution in [0, 0.1) is 31.1 Å². The van der Waals surface area contributed by atoms with Crippen LogP contribution in [0.4, 0.5) is 0 Å². The Morgan fingerprint density at radius 2 is 1.92 bits per heavy atom. The Morgan fingerprint density at radius 1 is 1.31 bits per heavy atom. The molecule has 0 atom stereocenters. The Balaban J connectivity index is 2.90. The number of nitrogens with zero attached hydrogens (tertiary/aromatic N) is 2. The first-order valence-corrected chi connectivity index (χ1v) is 8.62. The van der Waals surface area contributed by atoms with E-state index in [1.54, 1.807) is 20.8 Å². The quantitative estimate of drug-likeness (QED) is 0.440. The number of rotatable bonds is 6. The molecule has 0 amide bonds. The minimum Gasteiger partial charge on any atom is -0.457 e. The molecule has 0 aliphatic rings. The molecule has 1 aromatic rings. The molecule has 0 spiro atoms. The molecular formula is C20H28N2O4. The molecule has 0 unspecified atom stereocenters. The summed E-state index contributed by atoms with van der Waals surface area (Å²) in [5.74, 6) is -1.02. The van der Waals surface area contributed by atoms with E-state index in [4.69, 9.17) is 9.47 Å². The molecule has 0 fully saturated rings. The van der Waals surface area contributed by atoms with Crippen LogP contribution >= 0.6 is 0 Å². The number of aromatic nitrogens is 1. The highest BCUT2D eigenvalue weighted by atomic mass is 16.6. The lowest BCUT2D eigenvalue weighted by molar-refractivity contribution is -0.164. The van der Waals surface area contributed by atoms with Gasteiger partial charge in [-0.05, 0) is 58.2 Å². The summed E-state index contributed by atoms with van der Waals surface area (Å²) in [5, 5.41) is 9.28. The minimum absolute atomic E-state index is 0.154. The maximum atomic E-state index is 12.1. The van der Waals surface area contributed by atoms with Gasteiger partial charge in [0.05, 0.1) is 0 Å². The van der Waals surface area contributed by atoms with Crippen molar-refractivity contribution in [1.29, 1.82) is 5.26 Å². The van der Waals surface area contributed by atoms with E-state index in [1.807, 2.05) is 26.0 Å². The summed E-state index contributed by atoms with van der Waals surface area (Å²) in [6.45, 7) is 13.7. The third-order valence-electron chi connectivity index (χ3n) is 3.54. The van der Waals surface area contributed by atoms with E-state index in [9.17, 15) is 14.9 Å². The summed E-state index contributed by atoms with van der Waals surface area (Å²) >= 11 is 0. The van der Waals surface area contributed by atoms with Crippen LogP contribution in [-0.4, -0.2) is 28.7 Å². The Hall–Kier alpha value is -2.55. The van der Waals surface area contributed by atoms with Crippen LogP contribution < -0.4 is 0 Å². The van der Waals surface area contributed by atoms with E-state index in [1.165, 1.54) is 6.08 Å². The van der Waals surface area contributed by atoms with Crippen LogP contribution in [0.15, 0.2) is 11.6 Å². The summed E-state index contributed by atoms with van der Waals surface area (Å²) in [6.07, 6.45) is 1.50. The minimum atomic E-state index is -0.841. The lowest BCUT2D eigenvalue weighted by atomic mass is 10.1. The van der Waals surface area contributed by atoms with Gasteiger partial charge in [-0.2, -0.15) is 5.26 Å². The number of esters is 2. The molecule has 1 rings (SSSR count). The number of carbonyl (C=O) groups is 2. The molecular weight excluding hydrogens is 332 g/mol. The van der Waals surface area contributed by atoms with Gasteiger partial charge < -0.3 is 14.0 Å². The maximum absolute atomic E-state index is 12.1. The molecule has 0 aliphatic heterocycles. The summed E-state index contributed by atoms with van der Waals surface area (Å²) in [7, 11) is 0. The molecule has 0 radical (unpaired) electrons. The Bertz CT molecular complexity index is 743. The Morgan fingerprint density at radius 3 is 2.42 bits per heavy atom. The van der Waals surface area contributed by atoms with Gasteiger partial charge in [0.1, 0.15) is 17.2 Å². The van der Waals surface area contributed by atoms with Crippen molar-refractivity contribution in [3.05, 3.63) is 28.6 Å². The molecule has 0 N–H and O–H groups in total. The number of aryl methyl sites for hydroxylation is 1. The molecule has 1 aromatic heterocycles. The van der Waals surface area contributed by atoms with Gasteiger partial charge in [0.25, 0.3) is 0 Å². The van der Waals surface area contributed by atoms with Gasteiger partial charge in [-0.3, -0.25) is 0 Å². The molecule has 0 saturated carbocycles. The molecule has 6 heteroatoms. The van der Waals surface area contributed by atoms with Crippen LogP contribution in [0.25, 0.3) is 6.08 Å². The van der Waals surface area contributed by atoms with Crippen molar-refractivity contribution in [1.82, 2.24) is 4.57 Å². The van der Waals surface area contributed by atoms with Crippen LogP contribution in [0.1, 0.15) is 51.6 Å². The van der Waals surface area contributed by atoms with Crippen molar-refractivity contribution in [3.8, 4) is 6.07 Å². The zero-order valence-electron chi connectivity index (χ0n) is 16.7. The highest BCUT2D eigenvalue weighted by Crippen LogP contribution is 2.20. The Labute approximate surface area is 155 Å². The van der Waals surface area contributed by atoms with Crippen LogP contribution in [0.2, 0.25) is 0 Å². The number of hydrogen-bond acceptors (Lipinski definition) is 5. The number of ether oxygens (including phenoxy) is 2. The smallest absolute Gasteiger partial charge is 0.349 e. The van der Waals surface area contributed by atoms with E-state index in [0.29, 0.717) is 5.92 Å². The first-order chi connectivity index (χ1) is 11.9. The molecule has 142 valence electrons. The lowest BCUT2D eigenvalue weighted by Crippen LogP contribution is -2.27. The van der Waals surface area contributed by atoms with E-state index < -0.39 is 24.1 Å². The monoisotopic (exact) mass is 360 g/mol. The first kappa shape index (κ1) is 21.5. The van der Waals surface area contributed by atoms with Gasteiger partial charge in [-0.15, -0.1) is 0 Å². The van der Waals surface area contributed by atoms with Crippen LogP contribution in [-0.2, 0) is 25.6 Å². The largest absolute Gasteiger partial charge is 0.457 e. The average Bonchev–Trinajstić information content (AvgIpc) is 2.75. The number of carbonyl (C=O) groups excluding carboxylic acids is 2. The van der Waals surface area contributed by atoms with Crippen molar-refractivity contribution in [2.75, 3.05) is 6.61 Å². The van der Waals surface area contributed by atoms with Crippen molar-refractivity contribution in [2.45, 2.75) is 60.6 Å². The predicted molar refractivity (Wildman–Crippen MR) is 99.1 cm³/mol. The summed E-state index contributed by atoms with van der Waals surface area (Å²) in [6, 6.07) is 3.77. The number of hydrogen-bond donors (Lipinski definition) is 0. The molecule has 0 bridgehead atoms. The van der Waals surface area contributed by atoms with Gasteiger partial charge >= 0.3 is 11.9 Å². The fourth-order valence-electron chi connectivity index (χ4n) is 2.49. The van der Waals surface area contributed by atoms with E-state index in [2.05, 4.69) is 18.4 Å². The Kier molecular flexibility index (Phi) is 7.19. The number of nitriles is 1. The van der Waals surface area contributed by atoms with Gasteiger partial charge in [-0.1, -0.05) is 13.8 Å². The third kappa shape index (κ3) is 6.40. The van der Waals surface area contributed by atoms with Gasteiger partial charge in [0.2, 0.25) is 0 Å². The SMILES string of the molecule is Cc1cc(/C=C(\C#N)C(=O)OCC(=O)OC(C)(C)C)c(C)n1CC(C)C. The molecule has 0 saturated heterocycles. The van der Waals surface area contributed by atoms with E-state index in [0.717, 1.165) is 23.5 Å². The second kappa shape index (κ2) is 8.70. The lowest BCUT2D eigenvalue weighted by Gasteiger charge is -2.19. The molecule has 1 heterocycles. The predicted octanol–water partition coefficient (Wildman–Crippen LogP) is 3.55. The van der Waals surface area contributed by atoms with E-state index >= 15 is 0 Å². The summed E-state index contributed by atoms with van der Waals surface area (Å²) < 4.78 is 12.1. The van der Waals surface area contributed by atoms with Crippen molar-refractivity contribution in [2.24, 2.45) is 5.92 Å². The van der Waals surface area contributed by atoms with E-state index in [-0.39, 0.29) is 5.57 Å². The van der Waals surface area contributed by atoms with Gasteiger partial charge in [-0.25, -0.2) is 9.59 Å². The summed E-state index contributed by atoms with van der Waals surface area (Å²) in [5.41, 5.74) is 2.00. The zero-order valence-corrected chi connectivity index (χ0v) is 16.7. The van der Waals surface area contributed by atoms with Crippen molar-refractivity contribution >= 4 is 18.0 Å². The highest BCUT2D eigenvalue weighted by Gasteiger charge is 2.19. The molecule has 26 heavy (non-hydrogen) atoms. The van der Waals surface area contributed by atoms with Crippen LogP contribution in [0.5, 0.6) is 0 Å². The molecule has 6 nitrogen and oxygen atoms in total. The van der Waals surface area contributed by atoms with Gasteiger partial charge in [0, 0.05) is 17.9 Å². The van der Waals surface area contributed by atoms with Crippen molar-refractivity contribution < 1.29 is 19.1 Å². The highest BCUT2D eigenvalue weighted by molar-refractivity contribution is 5.98. The maximum Gasteiger partial charge on any atom is 0.349 e. The second-order valence-electron chi connectivity index (χ2n) is 7.66. The van der Waals surface area contributed by atoms with Gasteiger partial charge in [0.15, 0.2) is 6.61 Å². The fraction of sp³-hybridized carbons (Fsp3) is 0.550. The van der Waals surface area contributed by atoms with Crippen LogP contribution in [0.3, 0.4) is 0 Å². The average molecular weight is 360 g/mol. The molecule has 0 aliphatic carbocycles. The molecule has 0 aromatic carbocycles. The zero-order chi connectivity index (χ0) is 20.1. The topological polar surface area (TPSA) is 81.3 Å². The summed E-state index contributed by atoms with van der Waals surface area (Å²) in [4.78, 5) is 23.7. The second-order valence-corrected chi connectivity index (χ2v) is 7.66. The van der Waals surface area contributed by atoms with Crippen molar-refractivity contribution in [3.63, 3.8) is 0 Å². The third-order valence-corrected chi connectivity index (χ3v) is 3.54. The first-order valence-electron chi connectivity index (χ1n) is 8.62.